The number of carboxylic acids is 1. The van der Waals surface area contributed by atoms with Gasteiger partial charge in [-0.2, -0.15) is 5.10 Å². The molecule has 5 nitrogen and oxygen atoms in total. The van der Waals surface area contributed by atoms with Gasteiger partial charge in [0.05, 0.1) is 12.1 Å². The number of rotatable bonds is 8. The molecule has 0 amide bonds. The molecule has 0 radical (unpaired) electrons. The summed E-state index contributed by atoms with van der Waals surface area (Å²) >= 11 is 0. The molecule has 1 heterocycles. The molecule has 0 bridgehead atoms. The summed E-state index contributed by atoms with van der Waals surface area (Å²) in [4.78, 5) is 16.1. The van der Waals surface area contributed by atoms with E-state index >= 15 is 0 Å². The largest absolute Gasteiger partial charge is 0.478 e. The van der Waals surface area contributed by atoms with Crippen molar-refractivity contribution in [2.75, 3.05) is 0 Å². The summed E-state index contributed by atoms with van der Waals surface area (Å²) in [6, 6.07) is 15.1. The molecule has 1 aromatic heterocycles. The number of aromatic carboxylic acids is 1. The number of nitrogens with zero attached hydrogens (tertiary/aromatic N) is 3. The number of aryl methyl sites for hydroxylation is 2. The summed E-state index contributed by atoms with van der Waals surface area (Å²) in [6.45, 7) is 7.18. The molecule has 5 heteroatoms. The summed E-state index contributed by atoms with van der Waals surface area (Å²) in [5.74, 6) is 1.64. The predicted octanol–water partition coefficient (Wildman–Crippen LogP) is 4.84. The lowest BCUT2D eigenvalue weighted by Gasteiger charge is -2.08. The van der Waals surface area contributed by atoms with Crippen LogP contribution in [0, 0.1) is 5.92 Å². The van der Waals surface area contributed by atoms with Gasteiger partial charge < -0.3 is 5.11 Å². The van der Waals surface area contributed by atoms with Crippen molar-refractivity contribution in [1.82, 2.24) is 14.8 Å². The van der Waals surface area contributed by atoms with Crippen LogP contribution in [0.15, 0.2) is 48.5 Å². The van der Waals surface area contributed by atoms with Crippen LogP contribution >= 0.6 is 0 Å². The Labute approximate surface area is 166 Å². The third-order valence-corrected chi connectivity index (χ3v) is 4.81. The average molecular weight is 377 g/mol. The quantitative estimate of drug-likeness (QED) is 0.610. The molecule has 1 N–H and O–H groups in total. The van der Waals surface area contributed by atoms with Crippen LogP contribution in [0.5, 0.6) is 0 Å². The SMILES string of the molecule is CCc1nc(CCC(C)C)nn1Cc1ccc(-c2ccccc2C(=O)O)cc1. The fourth-order valence-corrected chi connectivity index (χ4v) is 3.22. The standard InChI is InChI=1S/C23H27N3O2/c1-4-22-24-21(14-9-16(2)3)25-26(22)15-17-10-12-18(13-11-17)19-7-5-6-8-20(19)23(27)28/h5-8,10-13,16H,4,9,14-15H2,1-3H3,(H,27,28). The van der Waals surface area contributed by atoms with Crippen molar-refractivity contribution in [1.29, 1.82) is 0 Å². The molecule has 0 atom stereocenters. The van der Waals surface area contributed by atoms with E-state index in [0.29, 0.717) is 18.0 Å². The molecule has 3 rings (SSSR count). The molecule has 0 spiro atoms. The molecular weight excluding hydrogens is 350 g/mol. The van der Waals surface area contributed by atoms with E-state index in [1.54, 1.807) is 12.1 Å². The third-order valence-electron chi connectivity index (χ3n) is 4.81. The number of aromatic nitrogens is 3. The van der Waals surface area contributed by atoms with Gasteiger partial charge in [-0.25, -0.2) is 14.5 Å². The maximum Gasteiger partial charge on any atom is 0.336 e. The maximum atomic E-state index is 11.5. The van der Waals surface area contributed by atoms with E-state index in [0.717, 1.165) is 47.6 Å². The Morgan fingerprint density at radius 2 is 1.82 bits per heavy atom. The summed E-state index contributed by atoms with van der Waals surface area (Å²) < 4.78 is 1.98. The van der Waals surface area contributed by atoms with E-state index in [1.807, 2.05) is 41.1 Å². The lowest BCUT2D eigenvalue weighted by molar-refractivity contribution is 0.0697. The predicted molar refractivity (Wildman–Crippen MR) is 110 cm³/mol. The molecular formula is C23H27N3O2. The monoisotopic (exact) mass is 377 g/mol. The van der Waals surface area contributed by atoms with Crippen molar-refractivity contribution in [2.24, 2.45) is 5.92 Å². The second-order valence-electron chi connectivity index (χ2n) is 7.44. The van der Waals surface area contributed by atoms with Gasteiger partial charge in [-0.3, -0.25) is 0 Å². The van der Waals surface area contributed by atoms with Gasteiger partial charge in [-0.15, -0.1) is 0 Å². The summed E-state index contributed by atoms with van der Waals surface area (Å²) in [5.41, 5.74) is 3.06. The summed E-state index contributed by atoms with van der Waals surface area (Å²) in [7, 11) is 0. The Morgan fingerprint density at radius 3 is 2.46 bits per heavy atom. The third kappa shape index (κ3) is 4.66. The molecule has 28 heavy (non-hydrogen) atoms. The van der Waals surface area contributed by atoms with Crippen LogP contribution < -0.4 is 0 Å². The molecule has 2 aromatic carbocycles. The molecule has 0 saturated carbocycles. The highest BCUT2D eigenvalue weighted by Crippen LogP contribution is 2.24. The molecule has 0 fully saturated rings. The molecule has 0 aliphatic rings. The molecule has 0 aliphatic heterocycles. The van der Waals surface area contributed by atoms with Gasteiger partial charge in [0, 0.05) is 12.8 Å². The zero-order chi connectivity index (χ0) is 20.1. The van der Waals surface area contributed by atoms with E-state index in [-0.39, 0.29) is 0 Å². The number of carboxylic acid groups (broad SMARTS) is 1. The Morgan fingerprint density at radius 1 is 1.11 bits per heavy atom. The zero-order valence-corrected chi connectivity index (χ0v) is 16.7. The maximum absolute atomic E-state index is 11.5. The van der Waals surface area contributed by atoms with Gasteiger partial charge in [0.25, 0.3) is 0 Å². The first-order valence-electron chi connectivity index (χ1n) is 9.82. The fraction of sp³-hybridized carbons (Fsp3) is 0.348. The lowest BCUT2D eigenvalue weighted by atomic mass is 9.99. The van der Waals surface area contributed by atoms with Gasteiger partial charge in [0.2, 0.25) is 0 Å². The normalized spacial score (nSPS) is 11.1. The zero-order valence-electron chi connectivity index (χ0n) is 16.7. The Kier molecular flexibility index (Phi) is 6.24. The Balaban J connectivity index is 1.79. The highest BCUT2D eigenvalue weighted by molar-refractivity contribution is 5.95. The molecule has 0 saturated heterocycles. The molecule has 0 unspecified atom stereocenters. The van der Waals surface area contributed by atoms with Crippen molar-refractivity contribution < 1.29 is 9.90 Å². The van der Waals surface area contributed by atoms with Gasteiger partial charge >= 0.3 is 5.97 Å². The first kappa shape index (κ1) is 19.8. The van der Waals surface area contributed by atoms with E-state index in [4.69, 9.17) is 5.10 Å². The van der Waals surface area contributed by atoms with Crippen molar-refractivity contribution in [3.05, 3.63) is 71.3 Å². The van der Waals surface area contributed by atoms with Crippen molar-refractivity contribution in [2.45, 2.75) is 46.6 Å². The van der Waals surface area contributed by atoms with E-state index < -0.39 is 5.97 Å². The van der Waals surface area contributed by atoms with Crippen LogP contribution in [-0.2, 0) is 19.4 Å². The molecule has 0 aliphatic carbocycles. The number of hydrogen-bond acceptors (Lipinski definition) is 3. The van der Waals surface area contributed by atoms with E-state index in [2.05, 4.69) is 25.8 Å². The van der Waals surface area contributed by atoms with Crippen LogP contribution in [0.2, 0.25) is 0 Å². The summed E-state index contributed by atoms with van der Waals surface area (Å²) in [6.07, 6.45) is 2.84. The minimum Gasteiger partial charge on any atom is -0.478 e. The van der Waals surface area contributed by atoms with Crippen LogP contribution in [0.25, 0.3) is 11.1 Å². The lowest BCUT2D eigenvalue weighted by Crippen LogP contribution is -2.06. The Bertz CT molecular complexity index is 943. The minimum absolute atomic E-state index is 0.314. The highest BCUT2D eigenvalue weighted by atomic mass is 16.4. The first-order valence-corrected chi connectivity index (χ1v) is 9.82. The number of carbonyl (C=O) groups is 1. The van der Waals surface area contributed by atoms with Crippen molar-refractivity contribution >= 4 is 5.97 Å². The van der Waals surface area contributed by atoms with Crippen LogP contribution in [0.4, 0.5) is 0 Å². The minimum atomic E-state index is -0.913. The fourth-order valence-electron chi connectivity index (χ4n) is 3.22. The second kappa shape index (κ2) is 8.83. The highest BCUT2D eigenvalue weighted by Gasteiger charge is 2.12. The van der Waals surface area contributed by atoms with E-state index in [9.17, 15) is 9.90 Å². The number of hydrogen-bond donors (Lipinski definition) is 1. The average Bonchev–Trinajstić information content (AvgIpc) is 3.08. The molecule has 3 aromatic rings. The Hall–Kier alpha value is -2.95. The molecule has 146 valence electrons. The number of benzene rings is 2. The van der Waals surface area contributed by atoms with Gasteiger partial charge in [-0.05, 0) is 35.1 Å². The smallest absolute Gasteiger partial charge is 0.336 e. The van der Waals surface area contributed by atoms with Crippen molar-refractivity contribution in [3.8, 4) is 11.1 Å². The first-order chi connectivity index (χ1) is 13.5. The van der Waals surface area contributed by atoms with Crippen molar-refractivity contribution in [3.63, 3.8) is 0 Å². The van der Waals surface area contributed by atoms with Gasteiger partial charge in [0.1, 0.15) is 5.82 Å². The van der Waals surface area contributed by atoms with Crippen LogP contribution in [0.1, 0.15) is 54.8 Å². The van der Waals surface area contributed by atoms with Crippen LogP contribution in [0.3, 0.4) is 0 Å². The van der Waals surface area contributed by atoms with Gasteiger partial charge in [0.15, 0.2) is 5.82 Å². The van der Waals surface area contributed by atoms with Crippen LogP contribution in [-0.4, -0.2) is 25.8 Å². The topological polar surface area (TPSA) is 68.0 Å². The summed E-state index contributed by atoms with van der Waals surface area (Å²) in [5, 5.41) is 14.1. The van der Waals surface area contributed by atoms with E-state index in [1.165, 1.54) is 0 Å². The van der Waals surface area contributed by atoms with Gasteiger partial charge in [-0.1, -0.05) is 63.2 Å². The second-order valence-corrected chi connectivity index (χ2v) is 7.44.